The van der Waals surface area contributed by atoms with Crippen LogP contribution in [0.4, 0.5) is 4.79 Å². The summed E-state index contributed by atoms with van der Waals surface area (Å²) in [5, 5.41) is 10.1. The van der Waals surface area contributed by atoms with Gasteiger partial charge in [0.25, 0.3) is 0 Å². The van der Waals surface area contributed by atoms with Crippen LogP contribution in [0, 0.1) is 9.49 Å². The maximum absolute atomic E-state index is 12.3. The van der Waals surface area contributed by atoms with Gasteiger partial charge in [0.1, 0.15) is 0 Å². The molecule has 1 aliphatic rings. The molecule has 5 heteroatoms. The van der Waals surface area contributed by atoms with Crippen molar-refractivity contribution in [3.05, 3.63) is 33.4 Å². The highest BCUT2D eigenvalue weighted by Gasteiger charge is 2.47. The Morgan fingerprint density at radius 2 is 1.96 bits per heavy atom. The highest BCUT2D eigenvalue weighted by molar-refractivity contribution is 14.1. The molecule has 0 spiro atoms. The summed E-state index contributed by atoms with van der Waals surface area (Å²) < 4.78 is 7.07. The van der Waals surface area contributed by atoms with Gasteiger partial charge >= 0.3 is 6.09 Å². The fourth-order valence-electron chi connectivity index (χ4n) is 3.91. The molecule has 0 radical (unpaired) electrons. The first-order valence-electron chi connectivity index (χ1n) is 8.74. The lowest BCUT2D eigenvalue weighted by Crippen LogP contribution is -2.56. The first-order valence-corrected chi connectivity index (χ1v) is 9.82. The molecule has 4 nitrogen and oxygen atoms in total. The summed E-state index contributed by atoms with van der Waals surface area (Å²) in [4.78, 5) is 13.9. The second-order valence-electron chi connectivity index (χ2n) is 7.01. The predicted molar refractivity (Wildman–Crippen MR) is 104 cm³/mol. The van der Waals surface area contributed by atoms with Gasteiger partial charge in [-0.05, 0) is 47.4 Å². The third kappa shape index (κ3) is 4.04. The Kier molecular flexibility index (Phi) is 6.92. The number of amides is 1. The lowest BCUT2D eigenvalue weighted by atomic mass is 9.86. The van der Waals surface area contributed by atoms with E-state index in [9.17, 15) is 9.90 Å². The van der Waals surface area contributed by atoms with Crippen LogP contribution in [0.5, 0.6) is 0 Å². The first kappa shape index (κ1) is 19.5. The summed E-state index contributed by atoms with van der Waals surface area (Å²) in [5.74, 6) is 0.311. The zero-order valence-corrected chi connectivity index (χ0v) is 17.0. The highest BCUT2D eigenvalue weighted by atomic mass is 127. The van der Waals surface area contributed by atoms with Crippen LogP contribution in [0.25, 0.3) is 0 Å². The maximum Gasteiger partial charge on any atom is 0.410 e. The topological polar surface area (TPSA) is 49.8 Å². The van der Waals surface area contributed by atoms with Crippen LogP contribution in [-0.2, 0) is 10.5 Å². The fraction of sp³-hybridized carbons (Fsp3) is 0.632. The van der Waals surface area contributed by atoms with Crippen LogP contribution < -0.4 is 0 Å². The minimum Gasteiger partial charge on any atom is -0.465 e. The number of rotatable bonds is 6. The second kappa shape index (κ2) is 8.52. The summed E-state index contributed by atoms with van der Waals surface area (Å²) in [5.41, 5.74) is 0.0227. The van der Waals surface area contributed by atoms with Crippen molar-refractivity contribution < 1.29 is 14.6 Å². The third-order valence-corrected chi connectivity index (χ3v) is 5.79. The van der Waals surface area contributed by atoms with Crippen molar-refractivity contribution in [1.29, 1.82) is 0 Å². The predicted octanol–water partition coefficient (Wildman–Crippen LogP) is 5.45. The number of methoxy groups -OCH3 is 1. The fourth-order valence-corrected chi connectivity index (χ4v) is 4.71. The van der Waals surface area contributed by atoms with Gasteiger partial charge in [-0.3, -0.25) is 4.90 Å². The number of nitrogens with zero attached hydrogens (tertiary/aromatic N) is 1. The first-order chi connectivity index (χ1) is 11.4. The summed E-state index contributed by atoms with van der Waals surface area (Å²) in [7, 11) is 1.64. The molecule has 1 saturated carbocycles. The van der Waals surface area contributed by atoms with E-state index in [4.69, 9.17) is 4.74 Å². The molecular formula is C19H28INO3. The van der Waals surface area contributed by atoms with E-state index < -0.39 is 11.8 Å². The van der Waals surface area contributed by atoms with Crippen molar-refractivity contribution in [2.45, 2.75) is 64.1 Å². The van der Waals surface area contributed by atoms with Crippen molar-refractivity contribution in [2.75, 3.05) is 7.11 Å². The second-order valence-corrected chi connectivity index (χ2v) is 8.17. The molecule has 2 rings (SSSR count). The van der Waals surface area contributed by atoms with Gasteiger partial charge in [0, 0.05) is 28.7 Å². The molecule has 134 valence electrons. The zero-order valence-electron chi connectivity index (χ0n) is 14.8. The van der Waals surface area contributed by atoms with Crippen molar-refractivity contribution in [2.24, 2.45) is 5.92 Å². The van der Waals surface area contributed by atoms with E-state index in [1.165, 1.54) is 6.42 Å². The molecule has 0 heterocycles. The Balaban J connectivity index is 2.57. The van der Waals surface area contributed by atoms with Gasteiger partial charge in [0.05, 0.1) is 0 Å². The van der Waals surface area contributed by atoms with Crippen LogP contribution >= 0.6 is 22.6 Å². The van der Waals surface area contributed by atoms with Crippen LogP contribution in [-0.4, -0.2) is 29.3 Å². The quantitative estimate of drug-likeness (QED) is 0.468. The lowest BCUT2D eigenvalue weighted by Gasteiger charge is -2.47. The molecule has 1 atom stereocenters. The summed E-state index contributed by atoms with van der Waals surface area (Å²) in [6.45, 7) is 4.23. The summed E-state index contributed by atoms with van der Waals surface area (Å²) in [6.07, 6.45) is 4.95. The standard InChI is InChI=1S/C19H28INO3/c1-14(2)13-19(24-3,16-11-7-8-12-17(16)20)21(18(22)23)15-9-5-4-6-10-15/h7-8,11-12,14-15H,4-6,9-10,13H2,1-3H3,(H,22,23)/t19-/m1/s1. The van der Waals surface area contributed by atoms with E-state index in [2.05, 4.69) is 36.4 Å². The molecule has 1 aliphatic carbocycles. The number of hydrogen-bond donors (Lipinski definition) is 1. The number of ether oxygens (including phenoxy) is 1. The monoisotopic (exact) mass is 445 g/mol. The largest absolute Gasteiger partial charge is 0.465 e. The molecule has 1 N–H and O–H groups in total. The van der Waals surface area contributed by atoms with Gasteiger partial charge in [-0.2, -0.15) is 0 Å². The Labute approximate surface area is 158 Å². The lowest BCUT2D eigenvalue weighted by molar-refractivity contribution is -0.159. The van der Waals surface area contributed by atoms with Crippen molar-refractivity contribution >= 4 is 28.7 Å². The molecule has 1 aromatic rings. The number of benzene rings is 1. The van der Waals surface area contributed by atoms with E-state index in [0.29, 0.717) is 12.3 Å². The normalized spacial score (nSPS) is 18.4. The number of halogens is 1. The van der Waals surface area contributed by atoms with Crippen LogP contribution in [0.15, 0.2) is 24.3 Å². The number of carbonyl (C=O) groups is 1. The Hall–Kier alpha value is -0.820. The molecule has 1 fully saturated rings. The summed E-state index contributed by atoms with van der Waals surface area (Å²) in [6, 6.07) is 7.99. The van der Waals surface area contributed by atoms with E-state index in [1.807, 2.05) is 24.3 Å². The molecule has 0 saturated heterocycles. The van der Waals surface area contributed by atoms with E-state index in [1.54, 1.807) is 12.0 Å². The molecule has 1 amide bonds. The number of carboxylic acid groups (broad SMARTS) is 1. The van der Waals surface area contributed by atoms with Gasteiger partial charge in [-0.1, -0.05) is 51.3 Å². The van der Waals surface area contributed by atoms with Crippen molar-refractivity contribution in [1.82, 2.24) is 4.90 Å². The molecule has 1 aromatic carbocycles. The zero-order chi connectivity index (χ0) is 17.7. The molecule has 0 bridgehead atoms. The smallest absolute Gasteiger partial charge is 0.410 e. The van der Waals surface area contributed by atoms with Crippen molar-refractivity contribution in [3.63, 3.8) is 0 Å². The van der Waals surface area contributed by atoms with Crippen LogP contribution in [0.3, 0.4) is 0 Å². The Bertz CT molecular complexity index is 557. The molecule has 0 unspecified atom stereocenters. The Morgan fingerprint density at radius 1 is 1.33 bits per heavy atom. The number of hydrogen-bond acceptors (Lipinski definition) is 2. The van der Waals surface area contributed by atoms with E-state index in [-0.39, 0.29) is 6.04 Å². The Morgan fingerprint density at radius 3 is 2.46 bits per heavy atom. The average Bonchev–Trinajstić information content (AvgIpc) is 2.55. The van der Waals surface area contributed by atoms with Gasteiger partial charge in [0.15, 0.2) is 5.72 Å². The average molecular weight is 445 g/mol. The third-order valence-electron chi connectivity index (χ3n) is 4.85. The van der Waals surface area contributed by atoms with E-state index in [0.717, 1.165) is 34.8 Å². The van der Waals surface area contributed by atoms with Gasteiger partial charge in [-0.15, -0.1) is 0 Å². The van der Waals surface area contributed by atoms with Crippen LogP contribution in [0.1, 0.15) is 57.9 Å². The van der Waals surface area contributed by atoms with Gasteiger partial charge in [-0.25, -0.2) is 4.79 Å². The molecule has 0 aromatic heterocycles. The van der Waals surface area contributed by atoms with Gasteiger partial charge in [0.2, 0.25) is 0 Å². The maximum atomic E-state index is 12.3. The summed E-state index contributed by atoms with van der Waals surface area (Å²) >= 11 is 2.28. The molecule has 0 aliphatic heterocycles. The minimum absolute atomic E-state index is 0.0194. The SMILES string of the molecule is CO[C@](CC(C)C)(c1ccccc1I)N(C(=O)O)C1CCCCC1. The van der Waals surface area contributed by atoms with Crippen molar-refractivity contribution in [3.8, 4) is 0 Å². The van der Waals surface area contributed by atoms with E-state index >= 15 is 0 Å². The molecular weight excluding hydrogens is 417 g/mol. The van der Waals surface area contributed by atoms with Gasteiger partial charge < -0.3 is 9.84 Å². The minimum atomic E-state index is -0.931. The molecule has 24 heavy (non-hydrogen) atoms. The van der Waals surface area contributed by atoms with Crippen LogP contribution in [0.2, 0.25) is 0 Å². The highest BCUT2D eigenvalue weighted by Crippen LogP contribution is 2.42.